The van der Waals surface area contributed by atoms with Crippen LogP contribution in [0, 0.1) is 0 Å². The molecule has 0 saturated heterocycles. The van der Waals surface area contributed by atoms with Gasteiger partial charge in [0.1, 0.15) is 4.99 Å². The normalized spacial score (nSPS) is 10.1. The smallest absolute Gasteiger partial charge is 0.106 e. The van der Waals surface area contributed by atoms with E-state index >= 15 is 0 Å². The van der Waals surface area contributed by atoms with Crippen molar-refractivity contribution in [1.29, 1.82) is 0 Å². The third-order valence-corrected chi connectivity index (χ3v) is 3.72. The Labute approximate surface area is 123 Å². The van der Waals surface area contributed by atoms with E-state index in [0.717, 1.165) is 21.4 Å². The van der Waals surface area contributed by atoms with Crippen molar-refractivity contribution in [2.75, 3.05) is 5.32 Å². The molecule has 0 aliphatic rings. The van der Waals surface area contributed by atoms with Crippen molar-refractivity contribution in [2.24, 2.45) is 5.73 Å². The Hall–Kier alpha value is -1.17. The summed E-state index contributed by atoms with van der Waals surface area (Å²) in [6.07, 6.45) is 3.33. The molecule has 0 amide bonds. The molecule has 0 bridgehead atoms. The Bertz CT molecular complexity index is 604. The second-order valence-electron chi connectivity index (χ2n) is 3.54. The number of rotatable bonds is 3. The lowest BCUT2D eigenvalue weighted by Crippen LogP contribution is -2.12. The lowest BCUT2D eigenvalue weighted by Gasteiger charge is -2.11. The first-order valence-corrected chi connectivity index (χ1v) is 6.62. The second-order valence-corrected chi connectivity index (χ2v) is 5.24. The van der Waals surface area contributed by atoms with Gasteiger partial charge in [-0.3, -0.25) is 4.98 Å². The fourth-order valence-electron chi connectivity index (χ4n) is 1.44. The highest BCUT2D eigenvalue weighted by Crippen LogP contribution is 2.28. The molecule has 0 fully saturated rings. The monoisotopic (exact) mass is 341 g/mol. The van der Waals surface area contributed by atoms with E-state index in [1.54, 1.807) is 24.5 Å². The summed E-state index contributed by atoms with van der Waals surface area (Å²) in [5.74, 6) is 0. The zero-order valence-electron chi connectivity index (χ0n) is 9.15. The van der Waals surface area contributed by atoms with E-state index in [2.05, 4.69) is 26.2 Å². The maximum Gasteiger partial charge on any atom is 0.106 e. The number of anilines is 2. The number of thiocarbonyl (C=S) groups is 1. The molecule has 2 aromatic rings. The van der Waals surface area contributed by atoms with E-state index < -0.39 is 0 Å². The van der Waals surface area contributed by atoms with Gasteiger partial charge in [-0.25, -0.2) is 0 Å². The predicted octanol–water partition coefficient (Wildman–Crippen LogP) is 3.88. The van der Waals surface area contributed by atoms with Gasteiger partial charge in [0.25, 0.3) is 0 Å². The summed E-state index contributed by atoms with van der Waals surface area (Å²) in [6, 6.07) is 7.31. The van der Waals surface area contributed by atoms with E-state index in [0.29, 0.717) is 10.0 Å². The standard InChI is InChI=1S/C12H9BrClN3S/c13-9-5-7(1-2-10(9)14)17-11-6-16-4-3-8(11)12(15)18/h1-6,17H,(H2,15,18). The first kappa shape index (κ1) is 13.3. The molecule has 92 valence electrons. The van der Waals surface area contributed by atoms with Gasteiger partial charge in [-0.05, 0) is 40.2 Å². The minimum Gasteiger partial charge on any atom is -0.389 e. The Balaban J connectivity index is 2.34. The fraction of sp³-hybridized carbons (Fsp3) is 0. The summed E-state index contributed by atoms with van der Waals surface area (Å²) < 4.78 is 0.815. The lowest BCUT2D eigenvalue weighted by atomic mass is 10.2. The summed E-state index contributed by atoms with van der Waals surface area (Å²) in [6.45, 7) is 0. The van der Waals surface area contributed by atoms with E-state index in [-0.39, 0.29) is 0 Å². The van der Waals surface area contributed by atoms with Crippen molar-refractivity contribution in [3.63, 3.8) is 0 Å². The molecule has 1 aromatic carbocycles. The summed E-state index contributed by atoms with van der Waals surface area (Å²) in [5, 5.41) is 3.86. The van der Waals surface area contributed by atoms with Gasteiger partial charge in [-0.1, -0.05) is 23.8 Å². The van der Waals surface area contributed by atoms with Crippen molar-refractivity contribution >= 4 is 56.1 Å². The van der Waals surface area contributed by atoms with Crippen molar-refractivity contribution in [1.82, 2.24) is 4.98 Å². The number of benzene rings is 1. The Morgan fingerprint density at radius 2 is 2.17 bits per heavy atom. The van der Waals surface area contributed by atoms with Gasteiger partial charge in [0.2, 0.25) is 0 Å². The number of aromatic nitrogens is 1. The van der Waals surface area contributed by atoms with Gasteiger partial charge in [0.15, 0.2) is 0 Å². The molecule has 0 spiro atoms. The molecule has 1 aromatic heterocycles. The number of nitrogens with one attached hydrogen (secondary N) is 1. The number of nitrogens with zero attached hydrogens (tertiary/aromatic N) is 1. The van der Waals surface area contributed by atoms with Gasteiger partial charge in [-0.15, -0.1) is 0 Å². The number of halogens is 2. The maximum absolute atomic E-state index is 5.94. The largest absolute Gasteiger partial charge is 0.389 e. The average molecular weight is 343 g/mol. The third-order valence-electron chi connectivity index (χ3n) is 2.29. The minimum atomic E-state index is 0.327. The second kappa shape index (κ2) is 5.65. The van der Waals surface area contributed by atoms with Crippen LogP contribution < -0.4 is 11.1 Å². The highest BCUT2D eigenvalue weighted by molar-refractivity contribution is 9.10. The maximum atomic E-state index is 5.94. The number of pyridine rings is 1. The van der Waals surface area contributed by atoms with Gasteiger partial charge >= 0.3 is 0 Å². The van der Waals surface area contributed by atoms with Crippen LogP contribution in [0.3, 0.4) is 0 Å². The van der Waals surface area contributed by atoms with Gasteiger partial charge in [-0.2, -0.15) is 0 Å². The lowest BCUT2D eigenvalue weighted by molar-refractivity contribution is 1.31. The molecule has 0 saturated carbocycles. The number of hydrogen-bond donors (Lipinski definition) is 2. The van der Waals surface area contributed by atoms with Crippen LogP contribution in [0.1, 0.15) is 5.56 Å². The SMILES string of the molecule is NC(=S)c1ccncc1Nc1ccc(Cl)c(Br)c1. The highest BCUT2D eigenvalue weighted by Gasteiger charge is 2.06. The van der Waals surface area contributed by atoms with Crippen molar-refractivity contribution in [2.45, 2.75) is 0 Å². The highest BCUT2D eigenvalue weighted by atomic mass is 79.9. The first-order valence-electron chi connectivity index (χ1n) is 5.04. The molecule has 0 aliphatic heterocycles. The van der Waals surface area contributed by atoms with Gasteiger partial charge in [0.05, 0.1) is 16.9 Å². The molecule has 0 unspecified atom stereocenters. The molecule has 18 heavy (non-hydrogen) atoms. The van der Waals surface area contributed by atoms with E-state index in [1.165, 1.54) is 0 Å². The molecular weight excluding hydrogens is 334 g/mol. The molecule has 3 nitrogen and oxygen atoms in total. The van der Waals surface area contributed by atoms with Crippen molar-refractivity contribution in [3.05, 3.63) is 51.7 Å². The Kier molecular flexibility index (Phi) is 4.16. The number of nitrogens with two attached hydrogens (primary N) is 1. The summed E-state index contributed by atoms with van der Waals surface area (Å²) in [5.41, 5.74) is 8.05. The fourth-order valence-corrected chi connectivity index (χ4v) is 2.11. The first-order chi connectivity index (χ1) is 8.58. The van der Waals surface area contributed by atoms with Crippen LogP contribution in [0.2, 0.25) is 5.02 Å². The minimum absolute atomic E-state index is 0.327. The zero-order chi connectivity index (χ0) is 13.1. The van der Waals surface area contributed by atoms with Crippen LogP contribution in [-0.4, -0.2) is 9.97 Å². The molecule has 0 radical (unpaired) electrons. The molecule has 0 atom stereocenters. The van der Waals surface area contributed by atoms with Crippen LogP contribution in [0.25, 0.3) is 0 Å². The van der Waals surface area contributed by atoms with Crippen molar-refractivity contribution in [3.8, 4) is 0 Å². The third kappa shape index (κ3) is 2.98. The average Bonchev–Trinajstić information content (AvgIpc) is 2.34. The Morgan fingerprint density at radius 1 is 1.39 bits per heavy atom. The Morgan fingerprint density at radius 3 is 2.83 bits per heavy atom. The quantitative estimate of drug-likeness (QED) is 0.831. The van der Waals surface area contributed by atoms with Crippen LogP contribution in [0.5, 0.6) is 0 Å². The van der Waals surface area contributed by atoms with Gasteiger partial charge < -0.3 is 11.1 Å². The number of hydrogen-bond acceptors (Lipinski definition) is 3. The summed E-state index contributed by atoms with van der Waals surface area (Å²) >= 11 is 14.3. The molecule has 0 aliphatic carbocycles. The van der Waals surface area contributed by atoms with Crippen molar-refractivity contribution < 1.29 is 0 Å². The van der Waals surface area contributed by atoms with Crippen LogP contribution >= 0.6 is 39.7 Å². The molecule has 6 heteroatoms. The molecule has 3 N–H and O–H groups in total. The predicted molar refractivity (Wildman–Crippen MR) is 82.6 cm³/mol. The van der Waals surface area contributed by atoms with Crippen LogP contribution in [0.15, 0.2) is 41.1 Å². The van der Waals surface area contributed by atoms with Crippen LogP contribution in [0.4, 0.5) is 11.4 Å². The van der Waals surface area contributed by atoms with E-state index in [1.807, 2.05) is 12.1 Å². The van der Waals surface area contributed by atoms with E-state index in [9.17, 15) is 0 Å². The molecular formula is C12H9BrClN3S. The topological polar surface area (TPSA) is 50.9 Å². The van der Waals surface area contributed by atoms with Gasteiger partial charge in [0, 0.05) is 21.9 Å². The summed E-state index contributed by atoms with van der Waals surface area (Å²) in [4.78, 5) is 4.38. The molecule has 2 rings (SSSR count). The van der Waals surface area contributed by atoms with Crippen LogP contribution in [-0.2, 0) is 0 Å². The summed E-state index contributed by atoms with van der Waals surface area (Å²) in [7, 11) is 0. The zero-order valence-corrected chi connectivity index (χ0v) is 12.3. The van der Waals surface area contributed by atoms with E-state index in [4.69, 9.17) is 29.6 Å². The molecule has 1 heterocycles.